The lowest BCUT2D eigenvalue weighted by Crippen LogP contribution is -2.27. The number of rotatable bonds is 4. The zero-order valence-corrected chi connectivity index (χ0v) is 11.2. The average molecular weight is 252 g/mol. The molecule has 1 rings (SSSR count). The van der Waals surface area contributed by atoms with Crippen LogP contribution in [0.5, 0.6) is 0 Å². The van der Waals surface area contributed by atoms with Crippen molar-refractivity contribution in [3.05, 3.63) is 34.9 Å². The van der Waals surface area contributed by atoms with Gasteiger partial charge in [0.2, 0.25) is 0 Å². The highest BCUT2D eigenvalue weighted by Gasteiger charge is 2.23. The van der Waals surface area contributed by atoms with Crippen LogP contribution in [-0.2, 0) is 6.04 Å². The lowest BCUT2D eigenvalue weighted by atomic mass is 10.0. The summed E-state index contributed by atoms with van der Waals surface area (Å²) < 4.78 is 0. The highest BCUT2D eigenvalue weighted by molar-refractivity contribution is 6.75. The normalized spacial score (nSPS) is 11.2. The Balaban J connectivity index is 3.39. The molecule has 0 saturated carbocycles. The minimum Gasteiger partial charge on any atom is -0.478 e. The van der Waals surface area contributed by atoms with Crippen LogP contribution >= 0.6 is 0 Å². The molecule has 2 N–H and O–H groups in total. The Labute approximate surface area is 101 Å². The first-order valence-corrected chi connectivity index (χ1v) is 9.01. The number of carbonyl (C=O) groups is 2. The standard InChI is InChI=1S/C12H16O4Si/c1-17(2,3)7-10-8(11(13)14)5-4-6-9(10)12(15)16/h4-6H,7H2,1-3H3,(H,13,14)(H,15,16). The van der Waals surface area contributed by atoms with E-state index in [0.717, 1.165) is 0 Å². The van der Waals surface area contributed by atoms with Crippen LogP contribution in [0.4, 0.5) is 0 Å². The lowest BCUT2D eigenvalue weighted by molar-refractivity contribution is 0.0696. The smallest absolute Gasteiger partial charge is 0.335 e. The molecule has 0 heterocycles. The van der Waals surface area contributed by atoms with E-state index in [1.165, 1.54) is 18.2 Å². The average Bonchev–Trinajstić information content (AvgIpc) is 2.14. The summed E-state index contributed by atoms with van der Waals surface area (Å²) in [5.41, 5.74) is 0.659. The van der Waals surface area contributed by atoms with Gasteiger partial charge in [-0.1, -0.05) is 25.7 Å². The van der Waals surface area contributed by atoms with Crippen molar-refractivity contribution in [2.24, 2.45) is 0 Å². The summed E-state index contributed by atoms with van der Waals surface area (Å²) in [4.78, 5) is 22.2. The predicted octanol–water partition coefficient (Wildman–Crippen LogP) is 2.50. The Bertz CT molecular complexity index is 428. The maximum atomic E-state index is 11.1. The largest absolute Gasteiger partial charge is 0.478 e. The Kier molecular flexibility index (Phi) is 3.72. The van der Waals surface area contributed by atoms with Crippen molar-refractivity contribution < 1.29 is 19.8 Å². The number of hydrogen-bond acceptors (Lipinski definition) is 2. The molecule has 0 aromatic heterocycles. The molecule has 5 heteroatoms. The van der Waals surface area contributed by atoms with Gasteiger partial charge in [-0.25, -0.2) is 9.59 Å². The first-order valence-electron chi connectivity index (χ1n) is 5.31. The molecule has 0 aliphatic carbocycles. The van der Waals surface area contributed by atoms with Crippen molar-refractivity contribution in [1.82, 2.24) is 0 Å². The van der Waals surface area contributed by atoms with E-state index >= 15 is 0 Å². The third kappa shape index (κ3) is 3.42. The highest BCUT2D eigenvalue weighted by atomic mass is 28.3. The first-order chi connectivity index (χ1) is 7.72. The summed E-state index contributed by atoms with van der Waals surface area (Å²) in [6, 6.07) is 4.95. The summed E-state index contributed by atoms with van der Waals surface area (Å²) in [7, 11) is -1.58. The fraction of sp³-hybridized carbons (Fsp3) is 0.333. The fourth-order valence-corrected chi connectivity index (χ4v) is 3.15. The van der Waals surface area contributed by atoms with Crippen LogP contribution in [0.2, 0.25) is 19.6 Å². The van der Waals surface area contributed by atoms with Crippen LogP contribution in [0.25, 0.3) is 0 Å². The van der Waals surface area contributed by atoms with Crippen molar-refractivity contribution in [3.8, 4) is 0 Å². The molecule has 0 unspecified atom stereocenters. The van der Waals surface area contributed by atoms with Crippen LogP contribution < -0.4 is 0 Å². The molecular formula is C12H16O4Si. The van der Waals surface area contributed by atoms with Gasteiger partial charge in [0.05, 0.1) is 11.1 Å². The molecule has 0 fully saturated rings. The molecule has 1 aromatic carbocycles. The molecule has 0 radical (unpaired) electrons. The quantitative estimate of drug-likeness (QED) is 0.807. The van der Waals surface area contributed by atoms with Gasteiger partial charge in [-0.2, -0.15) is 0 Å². The predicted molar refractivity (Wildman–Crippen MR) is 67.4 cm³/mol. The van der Waals surface area contributed by atoms with Gasteiger partial charge in [-0.3, -0.25) is 0 Å². The number of carboxylic acids is 2. The third-order valence-electron chi connectivity index (χ3n) is 2.34. The monoisotopic (exact) mass is 252 g/mol. The summed E-state index contributed by atoms with van der Waals surface area (Å²) in [5.74, 6) is -2.14. The van der Waals surface area contributed by atoms with Crippen molar-refractivity contribution in [3.63, 3.8) is 0 Å². The SMILES string of the molecule is C[Si](C)(C)Cc1c(C(=O)O)cccc1C(=O)O. The van der Waals surface area contributed by atoms with Crippen LogP contribution in [0.15, 0.2) is 18.2 Å². The Morgan fingerprint density at radius 3 is 1.76 bits per heavy atom. The van der Waals surface area contributed by atoms with Crippen molar-refractivity contribution >= 4 is 20.0 Å². The topological polar surface area (TPSA) is 74.6 Å². The van der Waals surface area contributed by atoms with Gasteiger partial charge in [-0.05, 0) is 23.7 Å². The molecule has 0 saturated heterocycles. The number of carboxylic acid groups (broad SMARTS) is 2. The van der Waals surface area contributed by atoms with E-state index in [9.17, 15) is 9.59 Å². The maximum Gasteiger partial charge on any atom is 0.335 e. The van der Waals surface area contributed by atoms with Gasteiger partial charge in [0.1, 0.15) is 0 Å². The highest BCUT2D eigenvalue weighted by Crippen LogP contribution is 2.21. The molecule has 4 nitrogen and oxygen atoms in total. The third-order valence-corrected chi connectivity index (χ3v) is 3.76. The zero-order chi connectivity index (χ0) is 13.2. The van der Waals surface area contributed by atoms with Crippen LogP contribution in [0.3, 0.4) is 0 Å². The van der Waals surface area contributed by atoms with Crippen LogP contribution in [0, 0.1) is 0 Å². The molecule has 92 valence electrons. The van der Waals surface area contributed by atoms with Gasteiger partial charge in [0.25, 0.3) is 0 Å². The second kappa shape index (κ2) is 4.71. The zero-order valence-electron chi connectivity index (χ0n) is 10.2. The number of aromatic carboxylic acids is 2. The van der Waals surface area contributed by atoms with Gasteiger partial charge in [-0.15, -0.1) is 0 Å². The van der Waals surface area contributed by atoms with E-state index in [1.807, 2.05) is 0 Å². The molecule has 0 aliphatic rings. The van der Waals surface area contributed by atoms with Gasteiger partial charge in [0, 0.05) is 8.07 Å². The van der Waals surface area contributed by atoms with E-state index in [1.54, 1.807) is 0 Å². The van der Waals surface area contributed by atoms with Gasteiger partial charge >= 0.3 is 11.9 Å². The molecule has 0 amide bonds. The van der Waals surface area contributed by atoms with Crippen molar-refractivity contribution in [1.29, 1.82) is 0 Å². The van der Waals surface area contributed by atoms with Crippen molar-refractivity contribution in [2.75, 3.05) is 0 Å². The second-order valence-corrected chi connectivity index (χ2v) is 10.7. The molecule has 17 heavy (non-hydrogen) atoms. The summed E-state index contributed by atoms with van der Waals surface area (Å²) in [5, 5.41) is 18.2. The molecule has 0 spiro atoms. The van der Waals surface area contributed by atoms with E-state index in [2.05, 4.69) is 19.6 Å². The van der Waals surface area contributed by atoms with Gasteiger partial charge in [0.15, 0.2) is 0 Å². The van der Waals surface area contributed by atoms with Crippen LogP contribution in [0.1, 0.15) is 26.3 Å². The minimum atomic E-state index is -1.58. The van der Waals surface area contributed by atoms with Crippen molar-refractivity contribution in [2.45, 2.75) is 25.7 Å². The summed E-state index contributed by atoms with van der Waals surface area (Å²) in [6.45, 7) is 6.24. The summed E-state index contributed by atoms with van der Waals surface area (Å²) >= 11 is 0. The van der Waals surface area contributed by atoms with E-state index in [0.29, 0.717) is 11.6 Å². The second-order valence-electron chi connectivity index (χ2n) is 5.18. The molecule has 0 aliphatic heterocycles. The number of benzene rings is 1. The first kappa shape index (κ1) is 13.4. The van der Waals surface area contributed by atoms with Gasteiger partial charge < -0.3 is 10.2 Å². The van der Waals surface area contributed by atoms with E-state index < -0.39 is 20.0 Å². The fourth-order valence-electron chi connectivity index (χ4n) is 1.71. The molecule has 0 atom stereocenters. The Morgan fingerprint density at radius 2 is 1.47 bits per heavy atom. The van der Waals surface area contributed by atoms with E-state index in [4.69, 9.17) is 10.2 Å². The Morgan fingerprint density at radius 1 is 1.06 bits per heavy atom. The maximum absolute atomic E-state index is 11.1. The van der Waals surface area contributed by atoms with Crippen LogP contribution in [-0.4, -0.2) is 30.2 Å². The molecule has 0 bridgehead atoms. The lowest BCUT2D eigenvalue weighted by Gasteiger charge is -2.19. The summed E-state index contributed by atoms with van der Waals surface area (Å²) in [6.07, 6.45) is 0. The molecular weight excluding hydrogens is 236 g/mol. The van der Waals surface area contributed by atoms with E-state index in [-0.39, 0.29) is 11.1 Å². The number of hydrogen-bond donors (Lipinski definition) is 2. The molecule has 1 aromatic rings. The Hall–Kier alpha value is -1.62. The minimum absolute atomic E-state index is 0.104.